The summed E-state index contributed by atoms with van der Waals surface area (Å²) in [6.45, 7) is 19.3. The first kappa shape index (κ1) is 22.4. The zero-order valence-corrected chi connectivity index (χ0v) is 17.5. The lowest BCUT2D eigenvalue weighted by Gasteiger charge is -2.48. The van der Waals surface area contributed by atoms with Crippen molar-refractivity contribution in [3.63, 3.8) is 0 Å². The molecule has 3 heteroatoms. The molecule has 0 saturated heterocycles. The molecule has 0 aliphatic carbocycles. The smallest absolute Gasteiger partial charge is 0.309 e. The van der Waals surface area contributed by atoms with E-state index in [9.17, 15) is 4.79 Å². The van der Waals surface area contributed by atoms with Crippen LogP contribution in [-0.4, -0.2) is 36.1 Å². The maximum atomic E-state index is 12.9. The van der Waals surface area contributed by atoms with Gasteiger partial charge in [-0.1, -0.05) is 48.0 Å². The minimum Gasteiger partial charge on any atom is -0.457 e. The highest BCUT2D eigenvalue weighted by atomic mass is 16.6. The number of carbonyl (C=O) groups excluding carboxylic acids is 1. The third kappa shape index (κ3) is 5.48. The Morgan fingerprint density at radius 2 is 1.48 bits per heavy atom. The number of esters is 1. The number of nitrogens with zero attached hydrogens (tertiary/aromatic N) is 1. The van der Waals surface area contributed by atoms with E-state index < -0.39 is 5.60 Å². The van der Waals surface area contributed by atoms with Crippen molar-refractivity contribution in [1.29, 1.82) is 0 Å². The summed E-state index contributed by atoms with van der Waals surface area (Å²) in [7, 11) is 4.11. The number of ether oxygens (including phenoxy) is 1. The van der Waals surface area contributed by atoms with Gasteiger partial charge in [-0.25, -0.2) is 0 Å². The van der Waals surface area contributed by atoms with Gasteiger partial charge in [0.25, 0.3) is 0 Å². The molecule has 0 rings (SSSR count). The standard InChI is InChI=1S/C20H41NO2/c1-12-18(5,6)14-16(15(3)4)17(22)23-19(7,8)20(9,13-2)21(10)11/h15-16H,12-14H2,1-11H3. The van der Waals surface area contributed by atoms with Crippen molar-refractivity contribution < 1.29 is 9.53 Å². The van der Waals surface area contributed by atoms with Crippen LogP contribution in [0, 0.1) is 17.3 Å². The molecule has 0 aliphatic heterocycles. The van der Waals surface area contributed by atoms with Crippen molar-refractivity contribution >= 4 is 5.97 Å². The Morgan fingerprint density at radius 3 is 1.78 bits per heavy atom. The first-order chi connectivity index (χ1) is 10.2. The Balaban J connectivity index is 5.33. The van der Waals surface area contributed by atoms with Gasteiger partial charge in [0.05, 0.1) is 11.5 Å². The number of likely N-dealkylation sites (N-methyl/N-ethyl adjacent to an activating group) is 1. The molecule has 0 heterocycles. The quantitative estimate of drug-likeness (QED) is 0.549. The number of hydrogen-bond acceptors (Lipinski definition) is 3. The molecule has 138 valence electrons. The van der Waals surface area contributed by atoms with E-state index in [0.717, 1.165) is 19.3 Å². The third-order valence-electron chi connectivity index (χ3n) is 6.17. The minimum absolute atomic E-state index is 0.0481. The molecule has 23 heavy (non-hydrogen) atoms. The number of carbonyl (C=O) groups is 1. The molecule has 0 saturated carbocycles. The van der Waals surface area contributed by atoms with Gasteiger partial charge >= 0.3 is 5.97 Å². The second-order valence-corrected chi connectivity index (χ2v) is 9.03. The maximum Gasteiger partial charge on any atom is 0.309 e. The Bertz CT molecular complexity index is 385. The summed E-state index contributed by atoms with van der Waals surface area (Å²) in [5.41, 5.74) is -0.565. The van der Waals surface area contributed by atoms with E-state index in [1.54, 1.807) is 0 Å². The SMILES string of the molecule is CCC(C)(C)CC(C(=O)OC(C)(C)C(C)(CC)N(C)C)C(C)C. The summed E-state index contributed by atoms with van der Waals surface area (Å²) >= 11 is 0. The molecule has 0 radical (unpaired) electrons. The van der Waals surface area contributed by atoms with Crippen LogP contribution in [0.15, 0.2) is 0 Å². The van der Waals surface area contributed by atoms with Crippen molar-refractivity contribution in [1.82, 2.24) is 4.90 Å². The summed E-state index contributed by atoms with van der Waals surface area (Å²) in [6.07, 6.45) is 2.87. The Morgan fingerprint density at radius 1 is 1.00 bits per heavy atom. The van der Waals surface area contributed by atoms with E-state index in [-0.39, 0.29) is 28.8 Å². The van der Waals surface area contributed by atoms with Crippen LogP contribution in [0.1, 0.15) is 81.6 Å². The van der Waals surface area contributed by atoms with Gasteiger partial charge in [0.1, 0.15) is 5.60 Å². The zero-order valence-electron chi connectivity index (χ0n) is 17.5. The highest BCUT2D eigenvalue weighted by Crippen LogP contribution is 2.37. The highest BCUT2D eigenvalue weighted by Gasteiger charge is 2.46. The van der Waals surface area contributed by atoms with Crippen LogP contribution < -0.4 is 0 Å². The maximum absolute atomic E-state index is 12.9. The molecule has 0 amide bonds. The second-order valence-electron chi connectivity index (χ2n) is 9.03. The van der Waals surface area contributed by atoms with Crippen LogP contribution in [-0.2, 0) is 9.53 Å². The molecule has 0 fully saturated rings. The van der Waals surface area contributed by atoms with Crippen LogP contribution >= 0.6 is 0 Å². The van der Waals surface area contributed by atoms with Gasteiger partial charge in [0.2, 0.25) is 0 Å². The summed E-state index contributed by atoms with van der Waals surface area (Å²) in [5.74, 6) is 0.192. The van der Waals surface area contributed by atoms with Crippen LogP contribution in [0.4, 0.5) is 0 Å². The van der Waals surface area contributed by atoms with E-state index in [1.165, 1.54) is 0 Å². The van der Waals surface area contributed by atoms with Gasteiger partial charge < -0.3 is 9.64 Å². The molecule has 3 nitrogen and oxygen atoms in total. The average Bonchev–Trinajstić information content (AvgIpc) is 2.42. The summed E-state index contributed by atoms with van der Waals surface area (Å²) < 4.78 is 6.09. The van der Waals surface area contributed by atoms with Crippen LogP contribution in [0.5, 0.6) is 0 Å². The third-order valence-corrected chi connectivity index (χ3v) is 6.17. The fraction of sp³-hybridized carbons (Fsp3) is 0.950. The normalized spacial score (nSPS) is 17.3. The Labute approximate surface area is 145 Å². The minimum atomic E-state index is -0.536. The molecule has 0 bridgehead atoms. The average molecular weight is 328 g/mol. The van der Waals surface area contributed by atoms with E-state index >= 15 is 0 Å². The first-order valence-corrected chi connectivity index (χ1v) is 9.14. The van der Waals surface area contributed by atoms with Crippen molar-refractivity contribution in [2.45, 2.75) is 92.7 Å². The van der Waals surface area contributed by atoms with Crippen molar-refractivity contribution in [2.75, 3.05) is 14.1 Å². The van der Waals surface area contributed by atoms with Gasteiger partial charge in [-0.15, -0.1) is 0 Å². The van der Waals surface area contributed by atoms with Crippen LogP contribution in [0.2, 0.25) is 0 Å². The molecule has 0 aromatic rings. The largest absolute Gasteiger partial charge is 0.457 e. The number of rotatable bonds is 9. The molecular weight excluding hydrogens is 286 g/mol. The molecular formula is C20H41NO2. The van der Waals surface area contributed by atoms with Crippen molar-refractivity contribution in [3.05, 3.63) is 0 Å². The summed E-state index contributed by atoms with van der Waals surface area (Å²) in [4.78, 5) is 15.1. The van der Waals surface area contributed by atoms with Gasteiger partial charge in [-0.2, -0.15) is 0 Å². The van der Waals surface area contributed by atoms with Crippen molar-refractivity contribution in [3.8, 4) is 0 Å². The predicted octanol–water partition coefficient (Wildman–Crippen LogP) is 5.14. The van der Waals surface area contributed by atoms with E-state index in [2.05, 4.69) is 67.5 Å². The lowest BCUT2D eigenvalue weighted by molar-refractivity contribution is -0.179. The molecule has 0 spiro atoms. The van der Waals surface area contributed by atoms with Gasteiger partial charge in [0.15, 0.2) is 0 Å². The topological polar surface area (TPSA) is 29.5 Å². The molecule has 0 aromatic carbocycles. The molecule has 2 unspecified atom stereocenters. The van der Waals surface area contributed by atoms with Gasteiger partial charge in [0, 0.05) is 0 Å². The van der Waals surface area contributed by atoms with Gasteiger partial charge in [-0.05, 0) is 59.0 Å². The lowest BCUT2D eigenvalue weighted by Crippen LogP contribution is -2.59. The molecule has 0 N–H and O–H groups in total. The van der Waals surface area contributed by atoms with Crippen LogP contribution in [0.3, 0.4) is 0 Å². The number of hydrogen-bond donors (Lipinski definition) is 0. The predicted molar refractivity (Wildman–Crippen MR) is 99.6 cm³/mol. The zero-order chi connectivity index (χ0) is 18.6. The Kier molecular flexibility index (Phi) is 7.81. The summed E-state index contributed by atoms with van der Waals surface area (Å²) in [5, 5.41) is 0. The molecule has 0 aromatic heterocycles. The fourth-order valence-electron chi connectivity index (χ4n) is 3.05. The monoisotopic (exact) mass is 327 g/mol. The first-order valence-electron chi connectivity index (χ1n) is 9.14. The second kappa shape index (κ2) is 8.00. The van der Waals surface area contributed by atoms with E-state index in [0.29, 0.717) is 0 Å². The molecule has 2 atom stereocenters. The van der Waals surface area contributed by atoms with Crippen LogP contribution in [0.25, 0.3) is 0 Å². The van der Waals surface area contributed by atoms with E-state index in [1.807, 2.05) is 13.8 Å². The lowest BCUT2D eigenvalue weighted by atomic mass is 9.76. The molecule has 0 aliphatic rings. The van der Waals surface area contributed by atoms with Gasteiger partial charge in [-0.3, -0.25) is 4.79 Å². The van der Waals surface area contributed by atoms with Crippen molar-refractivity contribution in [2.24, 2.45) is 17.3 Å². The van der Waals surface area contributed by atoms with E-state index in [4.69, 9.17) is 4.74 Å². The highest BCUT2D eigenvalue weighted by molar-refractivity contribution is 5.73. The summed E-state index contributed by atoms with van der Waals surface area (Å²) in [6, 6.07) is 0. The fourth-order valence-corrected chi connectivity index (χ4v) is 3.05. The Hall–Kier alpha value is -0.570.